The van der Waals surface area contributed by atoms with E-state index in [2.05, 4.69) is 5.32 Å². The molecule has 1 heterocycles. The van der Waals surface area contributed by atoms with Crippen molar-refractivity contribution in [1.29, 1.82) is 0 Å². The van der Waals surface area contributed by atoms with Crippen molar-refractivity contribution in [2.75, 3.05) is 13.2 Å². The molecular formula is C14H22N2O4. The Hall–Kier alpha value is -1.56. The lowest BCUT2D eigenvalue weighted by Gasteiger charge is -2.36. The van der Waals surface area contributed by atoms with Crippen LogP contribution in [0.5, 0.6) is 0 Å². The molecule has 1 fully saturated rings. The Morgan fingerprint density at radius 1 is 1.30 bits per heavy atom. The van der Waals surface area contributed by atoms with Gasteiger partial charge in [-0.05, 0) is 32.1 Å². The van der Waals surface area contributed by atoms with Crippen LogP contribution in [0, 0.1) is 5.92 Å². The van der Waals surface area contributed by atoms with E-state index in [1.54, 1.807) is 17.1 Å². The van der Waals surface area contributed by atoms with Gasteiger partial charge in [-0.3, -0.25) is 4.79 Å². The van der Waals surface area contributed by atoms with Gasteiger partial charge < -0.3 is 20.4 Å². The summed E-state index contributed by atoms with van der Waals surface area (Å²) in [6.45, 7) is 0.786. The van der Waals surface area contributed by atoms with Gasteiger partial charge >= 0.3 is 12.0 Å². The quantitative estimate of drug-likeness (QED) is 0.670. The molecule has 0 spiro atoms. The van der Waals surface area contributed by atoms with Crippen molar-refractivity contribution in [3.63, 3.8) is 0 Å². The van der Waals surface area contributed by atoms with Crippen molar-refractivity contribution in [2.45, 2.75) is 44.2 Å². The molecule has 2 amide bonds. The number of aliphatic carboxylic acids is 1. The summed E-state index contributed by atoms with van der Waals surface area (Å²) in [7, 11) is 0. The second-order valence-electron chi connectivity index (χ2n) is 5.48. The van der Waals surface area contributed by atoms with Crippen LogP contribution < -0.4 is 5.32 Å². The van der Waals surface area contributed by atoms with Gasteiger partial charge in [-0.15, -0.1) is 0 Å². The van der Waals surface area contributed by atoms with Gasteiger partial charge in [0, 0.05) is 19.2 Å². The minimum Gasteiger partial charge on any atom is -0.481 e. The van der Waals surface area contributed by atoms with E-state index in [9.17, 15) is 9.59 Å². The average Bonchev–Trinajstić information content (AvgIpc) is 2.88. The number of aliphatic hydroxyl groups excluding tert-OH is 1. The fourth-order valence-corrected chi connectivity index (χ4v) is 2.95. The Morgan fingerprint density at radius 2 is 2.10 bits per heavy atom. The van der Waals surface area contributed by atoms with Crippen molar-refractivity contribution < 1.29 is 19.8 Å². The lowest BCUT2D eigenvalue weighted by atomic mass is 10.00. The van der Waals surface area contributed by atoms with E-state index < -0.39 is 11.9 Å². The van der Waals surface area contributed by atoms with Gasteiger partial charge in [-0.2, -0.15) is 0 Å². The number of carboxylic acid groups (broad SMARTS) is 1. The largest absolute Gasteiger partial charge is 0.481 e. The van der Waals surface area contributed by atoms with Gasteiger partial charge in [0.1, 0.15) is 0 Å². The summed E-state index contributed by atoms with van der Waals surface area (Å²) in [6, 6.07) is -0.265. The van der Waals surface area contributed by atoms with Crippen LogP contribution in [0.4, 0.5) is 4.79 Å². The standard InChI is InChI=1S/C14H22N2O4/c17-8-6-12-3-1-2-7-16(12)14(20)15-11-5-4-10(9-11)13(18)19/h4-5,10-12,17H,1-3,6-9H2,(H,15,20)(H,18,19). The second-order valence-corrected chi connectivity index (χ2v) is 5.48. The minimum absolute atomic E-state index is 0.0822. The molecule has 0 aromatic rings. The average molecular weight is 282 g/mol. The summed E-state index contributed by atoms with van der Waals surface area (Å²) in [6.07, 6.45) is 7.39. The molecule has 3 unspecified atom stereocenters. The predicted octanol–water partition coefficient (Wildman–Crippen LogP) is 0.962. The van der Waals surface area contributed by atoms with Crippen LogP contribution in [0.25, 0.3) is 0 Å². The van der Waals surface area contributed by atoms with Crippen molar-refractivity contribution in [3.8, 4) is 0 Å². The lowest BCUT2D eigenvalue weighted by molar-refractivity contribution is -0.140. The van der Waals surface area contributed by atoms with Crippen LogP contribution in [-0.4, -0.2) is 52.3 Å². The molecule has 1 aliphatic heterocycles. The first-order chi connectivity index (χ1) is 9.61. The number of rotatable bonds is 4. The highest BCUT2D eigenvalue weighted by molar-refractivity contribution is 5.76. The van der Waals surface area contributed by atoms with Crippen molar-refractivity contribution in [3.05, 3.63) is 12.2 Å². The van der Waals surface area contributed by atoms with Crippen LogP contribution in [0.15, 0.2) is 12.2 Å². The summed E-state index contributed by atoms with van der Waals surface area (Å²) in [5.74, 6) is -1.36. The number of amides is 2. The van der Waals surface area contributed by atoms with Gasteiger partial charge in [-0.1, -0.05) is 12.2 Å². The highest BCUT2D eigenvalue weighted by Crippen LogP contribution is 2.21. The maximum absolute atomic E-state index is 12.3. The van der Waals surface area contributed by atoms with Gasteiger partial charge in [0.25, 0.3) is 0 Å². The number of carbonyl (C=O) groups excluding carboxylic acids is 1. The van der Waals surface area contributed by atoms with Crippen LogP contribution >= 0.6 is 0 Å². The summed E-state index contributed by atoms with van der Waals surface area (Å²) in [4.78, 5) is 24.9. The highest BCUT2D eigenvalue weighted by Gasteiger charge is 2.30. The molecule has 0 aromatic carbocycles. The first-order valence-corrected chi connectivity index (χ1v) is 7.21. The molecule has 0 bridgehead atoms. The van der Waals surface area contributed by atoms with Gasteiger partial charge in [0.15, 0.2) is 0 Å². The molecule has 1 aliphatic carbocycles. The molecule has 2 aliphatic rings. The van der Waals surface area contributed by atoms with E-state index in [0.717, 1.165) is 19.3 Å². The Balaban J connectivity index is 1.87. The van der Waals surface area contributed by atoms with Gasteiger partial charge in [0.05, 0.1) is 12.0 Å². The summed E-state index contributed by atoms with van der Waals surface area (Å²) in [5, 5.41) is 20.9. The maximum atomic E-state index is 12.3. The number of hydrogen-bond donors (Lipinski definition) is 3. The van der Waals surface area contributed by atoms with Crippen molar-refractivity contribution in [2.24, 2.45) is 5.92 Å². The van der Waals surface area contributed by atoms with E-state index in [1.807, 2.05) is 0 Å². The molecule has 20 heavy (non-hydrogen) atoms. The Bertz CT molecular complexity index is 395. The third kappa shape index (κ3) is 3.50. The molecule has 0 radical (unpaired) electrons. The number of aliphatic hydroxyl groups is 1. The molecule has 0 saturated carbocycles. The number of carbonyl (C=O) groups is 2. The van der Waals surface area contributed by atoms with E-state index in [0.29, 0.717) is 19.4 Å². The smallest absolute Gasteiger partial charge is 0.318 e. The molecule has 112 valence electrons. The van der Waals surface area contributed by atoms with Gasteiger partial charge in [0.2, 0.25) is 0 Å². The van der Waals surface area contributed by atoms with Crippen molar-refractivity contribution >= 4 is 12.0 Å². The highest BCUT2D eigenvalue weighted by atomic mass is 16.4. The normalized spacial score (nSPS) is 29.4. The number of hydrogen-bond acceptors (Lipinski definition) is 3. The number of nitrogens with one attached hydrogen (secondary N) is 1. The molecule has 1 saturated heterocycles. The molecule has 0 aromatic heterocycles. The van der Waals surface area contributed by atoms with Crippen LogP contribution in [0.2, 0.25) is 0 Å². The summed E-state index contributed by atoms with van der Waals surface area (Å²) >= 11 is 0. The molecule has 6 heteroatoms. The number of nitrogens with zero attached hydrogens (tertiary/aromatic N) is 1. The Morgan fingerprint density at radius 3 is 2.75 bits per heavy atom. The molecule has 2 rings (SSSR count). The zero-order chi connectivity index (χ0) is 14.5. The predicted molar refractivity (Wildman–Crippen MR) is 73.3 cm³/mol. The van der Waals surface area contributed by atoms with Crippen molar-refractivity contribution in [1.82, 2.24) is 10.2 Å². The number of likely N-dealkylation sites (tertiary alicyclic amines) is 1. The minimum atomic E-state index is -0.853. The number of piperidine rings is 1. The lowest BCUT2D eigenvalue weighted by Crippen LogP contribution is -2.51. The first kappa shape index (κ1) is 14.8. The van der Waals surface area contributed by atoms with E-state index >= 15 is 0 Å². The summed E-state index contributed by atoms with van der Waals surface area (Å²) in [5.41, 5.74) is 0. The van der Waals surface area contributed by atoms with Crippen LogP contribution in [-0.2, 0) is 4.79 Å². The number of carboxylic acids is 1. The van der Waals surface area contributed by atoms with E-state index in [4.69, 9.17) is 10.2 Å². The third-order valence-corrected chi connectivity index (χ3v) is 4.06. The maximum Gasteiger partial charge on any atom is 0.318 e. The fraction of sp³-hybridized carbons (Fsp3) is 0.714. The molecule has 3 N–H and O–H groups in total. The Kier molecular flexibility index (Phi) is 5.00. The van der Waals surface area contributed by atoms with E-state index in [-0.39, 0.29) is 24.7 Å². The van der Waals surface area contributed by atoms with Gasteiger partial charge in [-0.25, -0.2) is 4.79 Å². The third-order valence-electron chi connectivity index (χ3n) is 4.06. The van der Waals surface area contributed by atoms with Crippen LogP contribution in [0.1, 0.15) is 32.1 Å². The first-order valence-electron chi connectivity index (χ1n) is 7.21. The zero-order valence-electron chi connectivity index (χ0n) is 11.5. The van der Waals surface area contributed by atoms with E-state index in [1.165, 1.54) is 0 Å². The molecular weight excluding hydrogens is 260 g/mol. The number of urea groups is 1. The zero-order valence-corrected chi connectivity index (χ0v) is 11.5. The summed E-state index contributed by atoms with van der Waals surface area (Å²) < 4.78 is 0. The monoisotopic (exact) mass is 282 g/mol. The molecule has 3 atom stereocenters. The Labute approximate surface area is 118 Å². The topological polar surface area (TPSA) is 89.9 Å². The SMILES string of the molecule is O=C(O)C1C=CC(NC(=O)N2CCCCC2CCO)C1. The second kappa shape index (κ2) is 6.74. The molecule has 6 nitrogen and oxygen atoms in total. The fourth-order valence-electron chi connectivity index (χ4n) is 2.95. The van der Waals surface area contributed by atoms with Crippen LogP contribution in [0.3, 0.4) is 0 Å².